The highest BCUT2D eigenvalue weighted by molar-refractivity contribution is 9.10. The Morgan fingerprint density at radius 3 is 2.56 bits per heavy atom. The maximum absolute atomic E-state index is 9.24. The molecule has 0 aliphatic heterocycles. The van der Waals surface area contributed by atoms with E-state index < -0.39 is 6.37 Å². The van der Waals surface area contributed by atoms with Crippen molar-refractivity contribution in [3.63, 3.8) is 0 Å². The van der Waals surface area contributed by atoms with Crippen LogP contribution in [0.3, 0.4) is 0 Å². The van der Waals surface area contributed by atoms with Crippen LogP contribution in [0, 0.1) is 0 Å². The van der Waals surface area contributed by atoms with E-state index in [1.54, 1.807) is 30.3 Å². The second-order valence-corrected chi connectivity index (χ2v) is 4.62. The zero-order chi connectivity index (χ0) is 13.3. The average Bonchev–Trinajstić information content (AvgIpc) is 2.32. The van der Waals surface area contributed by atoms with Crippen LogP contribution >= 0.6 is 27.5 Å². The van der Waals surface area contributed by atoms with Gasteiger partial charge in [0.15, 0.2) is 0 Å². The third kappa shape index (κ3) is 2.77. The van der Waals surface area contributed by atoms with Gasteiger partial charge < -0.3 is 5.11 Å². The van der Waals surface area contributed by atoms with Gasteiger partial charge in [-0.2, -0.15) is 0 Å². The van der Waals surface area contributed by atoms with Crippen LogP contribution in [0.25, 0.3) is 0 Å². The summed E-state index contributed by atoms with van der Waals surface area (Å²) in [7, 11) is 0. The van der Waals surface area contributed by atoms with E-state index in [-0.39, 0.29) is 5.75 Å². The van der Waals surface area contributed by atoms with Gasteiger partial charge in [0.25, 0.3) is 0 Å². The Kier molecular flexibility index (Phi) is 2.78. The summed E-state index contributed by atoms with van der Waals surface area (Å²) in [5.74, 6) is 0.106. The minimum Gasteiger partial charge on any atom is -0.508 e. The molecule has 0 bridgehead atoms. The maximum atomic E-state index is 9.24. The van der Waals surface area contributed by atoms with E-state index >= 15 is 0 Å². The quantitative estimate of drug-likeness (QED) is 0.871. The molecule has 3 heteroatoms. The molecule has 0 saturated carbocycles. The Hall–Kier alpha value is -0.990. The van der Waals surface area contributed by atoms with Crippen molar-refractivity contribution in [3.05, 3.63) is 63.1 Å². The first kappa shape index (κ1) is 9.08. The van der Waals surface area contributed by atoms with Gasteiger partial charge in [-0.05, 0) is 47.8 Å². The lowest BCUT2D eigenvalue weighted by molar-refractivity contribution is 0.475. The largest absolute Gasteiger partial charge is 0.508 e. The normalized spacial score (nSPS) is 13.1. The predicted molar refractivity (Wildman–Crippen MR) is 70.1 cm³/mol. The lowest BCUT2D eigenvalue weighted by Gasteiger charge is -2.05. The smallest absolute Gasteiger partial charge is 0.115 e. The summed E-state index contributed by atoms with van der Waals surface area (Å²) in [4.78, 5) is 0. The van der Waals surface area contributed by atoms with Crippen molar-refractivity contribution in [1.82, 2.24) is 0 Å². The van der Waals surface area contributed by atoms with Gasteiger partial charge in [0.05, 0.1) is 0 Å². The molecule has 0 radical (unpaired) electrons. The Morgan fingerprint density at radius 2 is 1.88 bits per heavy atom. The van der Waals surface area contributed by atoms with Crippen molar-refractivity contribution in [2.45, 2.75) is 6.37 Å². The van der Waals surface area contributed by atoms with Crippen LogP contribution in [-0.4, -0.2) is 5.11 Å². The molecule has 0 heterocycles. The van der Waals surface area contributed by atoms with Crippen LogP contribution in [0.5, 0.6) is 5.75 Å². The van der Waals surface area contributed by atoms with E-state index in [4.69, 9.17) is 14.3 Å². The fourth-order valence-electron chi connectivity index (χ4n) is 1.29. The van der Waals surface area contributed by atoms with Crippen molar-refractivity contribution < 1.29 is 7.85 Å². The number of hydrogen-bond donors (Lipinski definition) is 1. The monoisotopic (exact) mass is 298 g/mol. The molecule has 1 nitrogen and oxygen atoms in total. The van der Waals surface area contributed by atoms with E-state index in [1.165, 1.54) is 12.1 Å². The van der Waals surface area contributed by atoms with Gasteiger partial charge in [0.1, 0.15) is 5.75 Å². The van der Waals surface area contributed by atoms with E-state index in [2.05, 4.69) is 15.9 Å². The van der Waals surface area contributed by atoms with Crippen LogP contribution < -0.4 is 0 Å². The first-order valence-corrected chi connectivity index (χ1v) is 5.83. The molecule has 16 heavy (non-hydrogen) atoms. The molecule has 1 N–H and O–H groups in total. The van der Waals surface area contributed by atoms with Gasteiger partial charge in [-0.15, -0.1) is 0 Å². The third-order valence-corrected chi connectivity index (χ3v) is 2.90. The van der Waals surface area contributed by atoms with Crippen LogP contribution in [0.1, 0.15) is 13.9 Å². The average molecular weight is 300 g/mol. The highest BCUT2D eigenvalue weighted by Crippen LogP contribution is 2.24. The Morgan fingerprint density at radius 1 is 1.19 bits per heavy atom. The van der Waals surface area contributed by atoms with Gasteiger partial charge in [0, 0.05) is 12.2 Å². The highest BCUT2D eigenvalue weighted by atomic mass is 79.9. The van der Waals surface area contributed by atoms with E-state index in [1.807, 2.05) is 0 Å². The molecule has 0 saturated heterocycles. The molecule has 0 amide bonds. The molecule has 0 aliphatic carbocycles. The summed E-state index contributed by atoms with van der Waals surface area (Å²) in [6, 6.07) is 11.1. The van der Waals surface area contributed by atoms with Gasteiger partial charge in [0.2, 0.25) is 0 Å². The van der Waals surface area contributed by atoms with Gasteiger partial charge in [-0.25, -0.2) is 0 Å². The second-order valence-electron chi connectivity index (χ2n) is 3.30. The molecule has 2 aromatic rings. The number of phenolic OH excluding ortho intramolecular Hbond substituents is 1. The van der Waals surface area contributed by atoms with Crippen molar-refractivity contribution in [3.8, 4) is 5.75 Å². The highest BCUT2D eigenvalue weighted by Gasteiger charge is 2.02. The second kappa shape index (κ2) is 4.89. The Bertz CT molecular complexity index is 570. The summed E-state index contributed by atoms with van der Waals surface area (Å²) in [5, 5.41) is 9.61. The van der Waals surface area contributed by atoms with Gasteiger partial charge in [-0.3, -0.25) is 0 Å². The molecular formula is C13H10BrClO. The molecule has 0 spiro atoms. The first-order chi connectivity index (χ1) is 8.41. The molecular weight excluding hydrogens is 287 g/mol. The fourth-order valence-corrected chi connectivity index (χ4v) is 1.82. The van der Waals surface area contributed by atoms with Crippen molar-refractivity contribution in [2.24, 2.45) is 0 Å². The molecule has 0 fully saturated rings. The first-order valence-electron chi connectivity index (χ1n) is 5.66. The van der Waals surface area contributed by atoms with Crippen LogP contribution in [0.4, 0.5) is 0 Å². The summed E-state index contributed by atoms with van der Waals surface area (Å²) in [6.07, 6.45) is -1.71. The minimum absolute atomic E-state index is 0.106. The molecule has 0 atom stereocenters. The molecule has 0 aliphatic rings. The van der Waals surface area contributed by atoms with Crippen molar-refractivity contribution in [2.75, 3.05) is 0 Å². The van der Waals surface area contributed by atoms with Gasteiger partial charge >= 0.3 is 0 Å². The fraction of sp³-hybridized carbons (Fsp3) is 0.0769. The van der Waals surface area contributed by atoms with E-state index in [0.717, 1.165) is 4.47 Å². The molecule has 0 aromatic heterocycles. The molecule has 2 rings (SSSR count). The number of hydrogen-bond acceptors (Lipinski definition) is 1. The summed E-state index contributed by atoms with van der Waals surface area (Å²) >= 11 is 9.36. The number of halogens is 2. The van der Waals surface area contributed by atoms with Crippen molar-refractivity contribution >= 4 is 27.5 Å². The summed E-state index contributed by atoms with van der Waals surface area (Å²) in [5.41, 5.74) is 0.838. The zero-order valence-electron chi connectivity index (χ0n) is 10.2. The van der Waals surface area contributed by atoms with Crippen LogP contribution in [0.15, 0.2) is 46.9 Å². The SMILES string of the molecule is [2H]C([2H])(c1ccc(O)cc1)c1cc(Br)ccc1Cl. The van der Waals surface area contributed by atoms with Crippen LogP contribution in [0.2, 0.25) is 5.02 Å². The molecule has 2 aromatic carbocycles. The zero-order valence-corrected chi connectivity index (χ0v) is 10.6. The van der Waals surface area contributed by atoms with E-state index in [0.29, 0.717) is 16.1 Å². The van der Waals surface area contributed by atoms with Gasteiger partial charge in [-0.1, -0.05) is 39.7 Å². The number of phenols is 1. The third-order valence-electron chi connectivity index (χ3n) is 2.07. The summed E-state index contributed by atoms with van der Waals surface area (Å²) in [6.45, 7) is 0. The predicted octanol–water partition coefficient (Wildman–Crippen LogP) is 4.40. The number of rotatable bonds is 2. The van der Waals surface area contributed by atoms with E-state index in [9.17, 15) is 5.11 Å². The Balaban J connectivity index is 2.53. The topological polar surface area (TPSA) is 20.2 Å². The lowest BCUT2D eigenvalue weighted by atomic mass is 10.1. The Labute approximate surface area is 111 Å². The minimum atomic E-state index is -1.71. The van der Waals surface area contributed by atoms with Crippen molar-refractivity contribution in [1.29, 1.82) is 0 Å². The lowest BCUT2D eigenvalue weighted by Crippen LogP contribution is -1.89. The standard InChI is InChI=1S/C13H10BrClO/c14-11-3-6-13(15)10(8-11)7-9-1-4-12(16)5-2-9/h1-6,8,16H,7H2/i7D2. The number of benzene rings is 2. The molecule has 82 valence electrons. The van der Waals surface area contributed by atoms with Crippen LogP contribution in [-0.2, 0) is 6.37 Å². The molecule has 0 unspecified atom stereocenters. The maximum Gasteiger partial charge on any atom is 0.115 e. The number of aromatic hydroxyl groups is 1. The summed E-state index contributed by atoms with van der Waals surface area (Å²) < 4.78 is 17.2.